The van der Waals surface area contributed by atoms with E-state index < -0.39 is 11.7 Å². The van der Waals surface area contributed by atoms with Crippen LogP contribution in [0.1, 0.15) is 16.1 Å². The van der Waals surface area contributed by atoms with E-state index in [1.54, 1.807) is 36.7 Å². The summed E-state index contributed by atoms with van der Waals surface area (Å²) in [5.41, 5.74) is 15.6. The Bertz CT molecular complexity index is 1560. The van der Waals surface area contributed by atoms with Gasteiger partial charge in [0.2, 0.25) is 0 Å². The molecule has 0 saturated carbocycles. The fourth-order valence-corrected chi connectivity index (χ4v) is 3.80. The van der Waals surface area contributed by atoms with Crippen molar-refractivity contribution < 1.29 is 9.18 Å². The Morgan fingerprint density at radius 3 is 2.76 bits per heavy atom. The minimum atomic E-state index is -0.789. The van der Waals surface area contributed by atoms with Crippen LogP contribution in [0.15, 0.2) is 60.9 Å². The van der Waals surface area contributed by atoms with E-state index in [1.807, 2.05) is 19.1 Å². The first-order chi connectivity index (χ1) is 16.4. The minimum absolute atomic E-state index is 0.0663. The summed E-state index contributed by atoms with van der Waals surface area (Å²) in [4.78, 5) is 25.7. The summed E-state index contributed by atoms with van der Waals surface area (Å²) in [6, 6.07) is 13.2. The number of aromatic nitrogens is 5. The van der Waals surface area contributed by atoms with E-state index in [0.717, 1.165) is 16.5 Å². The Morgan fingerprint density at radius 2 is 1.97 bits per heavy atom. The molecular weight excluding hydrogens is 435 g/mol. The predicted octanol–water partition coefficient (Wildman–Crippen LogP) is 3.95. The molecule has 0 aliphatic heterocycles. The molecule has 168 valence electrons. The number of nitrogens with one attached hydrogen (secondary N) is 2. The standard InChI is InChI=1S/C24H19FN8O/c1-12-7-8-17-16(11-29-33-17)18(12)20-19(26)21(22(27)34)32-24(31-20)15-6-3-9-28-23(15)30-14-5-2-4-13(25)10-14/h2-11H,26H2,1H3,(H2,27,34)(H,28,30)(H,29,33). The number of benzene rings is 2. The van der Waals surface area contributed by atoms with Crippen molar-refractivity contribution >= 4 is 34.0 Å². The van der Waals surface area contributed by atoms with Crippen molar-refractivity contribution in [3.8, 4) is 22.6 Å². The van der Waals surface area contributed by atoms with Crippen LogP contribution in [0.3, 0.4) is 0 Å². The number of fused-ring (bicyclic) bond motifs is 1. The lowest BCUT2D eigenvalue weighted by Crippen LogP contribution is -2.18. The molecule has 6 N–H and O–H groups in total. The number of aryl methyl sites for hydroxylation is 1. The average Bonchev–Trinajstić information content (AvgIpc) is 3.29. The van der Waals surface area contributed by atoms with E-state index in [0.29, 0.717) is 28.3 Å². The minimum Gasteiger partial charge on any atom is -0.395 e. The molecule has 0 atom stereocenters. The second kappa shape index (κ2) is 8.24. The van der Waals surface area contributed by atoms with Crippen LogP contribution in [0.2, 0.25) is 0 Å². The third-order valence-electron chi connectivity index (χ3n) is 5.38. The molecule has 0 radical (unpaired) electrons. The normalized spacial score (nSPS) is 11.0. The van der Waals surface area contributed by atoms with Gasteiger partial charge in [0.1, 0.15) is 11.6 Å². The number of amides is 1. The topological polar surface area (TPSA) is 148 Å². The van der Waals surface area contributed by atoms with Gasteiger partial charge in [0.05, 0.1) is 28.7 Å². The van der Waals surface area contributed by atoms with Gasteiger partial charge >= 0.3 is 0 Å². The Kier molecular flexibility index (Phi) is 5.09. The lowest BCUT2D eigenvalue weighted by Gasteiger charge is -2.15. The molecule has 0 saturated heterocycles. The zero-order valence-electron chi connectivity index (χ0n) is 18.0. The van der Waals surface area contributed by atoms with Crippen LogP contribution in [0.4, 0.5) is 21.6 Å². The van der Waals surface area contributed by atoms with Gasteiger partial charge in [0.15, 0.2) is 11.5 Å². The molecule has 0 bridgehead atoms. The SMILES string of the molecule is Cc1ccc2[nH]ncc2c1-c1nc(-c2cccnc2Nc2cccc(F)c2)nc(C(N)=O)c1N. The quantitative estimate of drug-likeness (QED) is 0.314. The van der Waals surface area contributed by atoms with E-state index in [-0.39, 0.29) is 17.2 Å². The number of hydrogen-bond acceptors (Lipinski definition) is 7. The molecule has 0 spiro atoms. The predicted molar refractivity (Wildman–Crippen MR) is 128 cm³/mol. The molecule has 5 rings (SSSR count). The fourth-order valence-electron chi connectivity index (χ4n) is 3.80. The van der Waals surface area contributed by atoms with Gasteiger partial charge in [-0.25, -0.2) is 19.3 Å². The number of H-pyrrole nitrogens is 1. The Morgan fingerprint density at radius 1 is 1.12 bits per heavy atom. The van der Waals surface area contributed by atoms with Gasteiger partial charge in [0, 0.05) is 22.8 Å². The second-order valence-corrected chi connectivity index (χ2v) is 7.65. The zero-order valence-corrected chi connectivity index (χ0v) is 18.0. The van der Waals surface area contributed by atoms with Gasteiger partial charge < -0.3 is 16.8 Å². The first-order valence-corrected chi connectivity index (χ1v) is 10.3. The number of hydrogen-bond donors (Lipinski definition) is 4. The average molecular weight is 454 g/mol. The van der Waals surface area contributed by atoms with Gasteiger partial charge in [-0.3, -0.25) is 9.89 Å². The Hall–Kier alpha value is -4.86. The smallest absolute Gasteiger partial charge is 0.269 e. The van der Waals surface area contributed by atoms with Crippen LogP contribution in [-0.2, 0) is 0 Å². The van der Waals surface area contributed by atoms with Crippen molar-refractivity contribution in [2.24, 2.45) is 5.73 Å². The molecular formula is C24H19FN8O. The highest BCUT2D eigenvalue weighted by Gasteiger charge is 2.22. The maximum absolute atomic E-state index is 13.7. The monoisotopic (exact) mass is 454 g/mol. The van der Waals surface area contributed by atoms with Crippen molar-refractivity contribution in [2.45, 2.75) is 6.92 Å². The maximum Gasteiger partial charge on any atom is 0.269 e. The molecule has 2 aromatic carbocycles. The number of carbonyl (C=O) groups excluding carboxylic acids is 1. The number of pyridine rings is 1. The number of nitrogens with zero attached hydrogens (tertiary/aromatic N) is 4. The molecule has 5 aromatic rings. The first kappa shape index (κ1) is 21.0. The molecule has 3 aromatic heterocycles. The number of carbonyl (C=O) groups is 1. The fraction of sp³-hybridized carbons (Fsp3) is 0.0417. The molecule has 3 heterocycles. The summed E-state index contributed by atoms with van der Waals surface area (Å²) in [5.74, 6) is -0.626. The third-order valence-corrected chi connectivity index (χ3v) is 5.38. The molecule has 9 nitrogen and oxygen atoms in total. The van der Waals surface area contributed by atoms with Crippen LogP contribution in [0.5, 0.6) is 0 Å². The van der Waals surface area contributed by atoms with E-state index >= 15 is 0 Å². The van der Waals surface area contributed by atoms with Gasteiger partial charge in [-0.15, -0.1) is 0 Å². The number of anilines is 3. The Balaban J connectivity index is 1.73. The summed E-state index contributed by atoms with van der Waals surface area (Å²) >= 11 is 0. The highest BCUT2D eigenvalue weighted by molar-refractivity contribution is 6.04. The lowest BCUT2D eigenvalue weighted by atomic mass is 9.99. The van der Waals surface area contributed by atoms with Crippen LogP contribution >= 0.6 is 0 Å². The van der Waals surface area contributed by atoms with E-state index in [1.165, 1.54) is 12.1 Å². The highest BCUT2D eigenvalue weighted by Crippen LogP contribution is 2.36. The number of nitrogen functional groups attached to an aromatic ring is 1. The summed E-state index contributed by atoms with van der Waals surface area (Å²) in [5, 5.41) is 10.9. The van der Waals surface area contributed by atoms with Gasteiger partial charge in [-0.2, -0.15) is 5.10 Å². The summed E-state index contributed by atoms with van der Waals surface area (Å²) in [7, 11) is 0. The molecule has 1 amide bonds. The van der Waals surface area contributed by atoms with Crippen LogP contribution < -0.4 is 16.8 Å². The van der Waals surface area contributed by atoms with Gasteiger partial charge in [0.25, 0.3) is 5.91 Å². The second-order valence-electron chi connectivity index (χ2n) is 7.65. The largest absolute Gasteiger partial charge is 0.395 e. The number of aromatic amines is 1. The molecule has 0 unspecified atom stereocenters. The van der Waals surface area contributed by atoms with E-state index in [9.17, 15) is 9.18 Å². The zero-order chi connectivity index (χ0) is 23.8. The number of rotatable bonds is 5. The summed E-state index contributed by atoms with van der Waals surface area (Å²) in [6.45, 7) is 1.91. The molecule has 0 aliphatic carbocycles. The first-order valence-electron chi connectivity index (χ1n) is 10.3. The van der Waals surface area contributed by atoms with Crippen molar-refractivity contribution in [1.29, 1.82) is 0 Å². The molecule has 0 aliphatic rings. The molecule has 10 heteroatoms. The highest BCUT2D eigenvalue weighted by atomic mass is 19.1. The van der Waals surface area contributed by atoms with Crippen molar-refractivity contribution in [3.05, 3.63) is 78.0 Å². The van der Waals surface area contributed by atoms with Gasteiger partial charge in [-0.1, -0.05) is 12.1 Å². The lowest BCUT2D eigenvalue weighted by molar-refractivity contribution is 0.0996. The van der Waals surface area contributed by atoms with Crippen LogP contribution in [0.25, 0.3) is 33.5 Å². The summed E-state index contributed by atoms with van der Waals surface area (Å²) < 4.78 is 13.7. The van der Waals surface area contributed by atoms with Crippen molar-refractivity contribution in [1.82, 2.24) is 25.1 Å². The van der Waals surface area contributed by atoms with Crippen molar-refractivity contribution in [3.63, 3.8) is 0 Å². The van der Waals surface area contributed by atoms with Crippen LogP contribution in [0, 0.1) is 12.7 Å². The third kappa shape index (κ3) is 3.66. The number of nitrogens with two attached hydrogens (primary N) is 2. The summed E-state index contributed by atoms with van der Waals surface area (Å²) in [6.07, 6.45) is 3.25. The number of halogens is 1. The molecule has 0 fully saturated rings. The Labute approximate surface area is 193 Å². The van der Waals surface area contributed by atoms with Crippen LogP contribution in [-0.4, -0.2) is 31.1 Å². The van der Waals surface area contributed by atoms with E-state index in [2.05, 4.69) is 25.5 Å². The maximum atomic E-state index is 13.7. The number of primary amides is 1. The van der Waals surface area contributed by atoms with E-state index in [4.69, 9.17) is 16.5 Å². The van der Waals surface area contributed by atoms with Crippen molar-refractivity contribution in [2.75, 3.05) is 11.1 Å². The molecule has 34 heavy (non-hydrogen) atoms. The van der Waals surface area contributed by atoms with Gasteiger partial charge in [-0.05, 0) is 48.9 Å².